The fourth-order valence-corrected chi connectivity index (χ4v) is 2.54. The Balaban J connectivity index is 1.87. The number of rotatable bonds is 5. The first-order valence-corrected chi connectivity index (χ1v) is 7.81. The van der Waals surface area contributed by atoms with Crippen LogP contribution in [0.4, 0.5) is 0 Å². The van der Waals surface area contributed by atoms with Gasteiger partial charge in [0.2, 0.25) is 5.91 Å². The standard InChI is InChI=1S/C21H19NO2/c1-15-7-9-17(10-8-15)19-12-11-18(13-20(19)21(22)23)24-14-16-5-3-2-4-6-16/h2-13H,14H2,1H3,(H2,22,23). The Morgan fingerprint density at radius 2 is 1.67 bits per heavy atom. The first kappa shape index (κ1) is 15.8. The summed E-state index contributed by atoms with van der Waals surface area (Å²) in [4.78, 5) is 11.9. The number of carbonyl (C=O) groups excluding carboxylic acids is 1. The van der Waals surface area contributed by atoms with Crippen molar-refractivity contribution in [2.24, 2.45) is 5.73 Å². The number of hydrogen-bond acceptors (Lipinski definition) is 2. The van der Waals surface area contributed by atoms with Crippen molar-refractivity contribution < 1.29 is 9.53 Å². The number of benzene rings is 3. The quantitative estimate of drug-likeness (QED) is 0.761. The molecule has 2 N–H and O–H groups in total. The molecule has 0 atom stereocenters. The molecule has 3 heteroatoms. The van der Waals surface area contributed by atoms with E-state index in [4.69, 9.17) is 10.5 Å². The highest BCUT2D eigenvalue weighted by Gasteiger charge is 2.12. The topological polar surface area (TPSA) is 52.3 Å². The maximum atomic E-state index is 11.9. The second kappa shape index (κ2) is 7.01. The van der Waals surface area contributed by atoms with Gasteiger partial charge in [0.15, 0.2) is 0 Å². The van der Waals surface area contributed by atoms with Crippen molar-refractivity contribution in [3.63, 3.8) is 0 Å². The summed E-state index contributed by atoms with van der Waals surface area (Å²) < 4.78 is 5.79. The Bertz CT molecular complexity index is 839. The summed E-state index contributed by atoms with van der Waals surface area (Å²) in [6.07, 6.45) is 0. The molecule has 0 heterocycles. The lowest BCUT2D eigenvalue weighted by atomic mass is 9.98. The van der Waals surface area contributed by atoms with Crippen LogP contribution in [0.5, 0.6) is 5.75 Å². The molecule has 3 aromatic carbocycles. The predicted molar refractivity (Wildman–Crippen MR) is 95.9 cm³/mol. The zero-order valence-electron chi connectivity index (χ0n) is 13.5. The highest BCUT2D eigenvalue weighted by atomic mass is 16.5. The zero-order valence-corrected chi connectivity index (χ0v) is 13.5. The Morgan fingerprint density at radius 3 is 2.33 bits per heavy atom. The minimum Gasteiger partial charge on any atom is -0.489 e. The van der Waals surface area contributed by atoms with Crippen LogP contribution in [0.3, 0.4) is 0 Å². The maximum absolute atomic E-state index is 11.9. The SMILES string of the molecule is Cc1ccc(-c2ccc(OCc3ccccc3)cc2C(N)=O)cc1. The highest BCUT2D eigenvalue weighted by molar-refractivity contribution is 6.00. The molecular formula is C21H19NO2. The molecule has 0 unspecified atom stereocenters. The van der Waals surface area contributed by atoms with Gasteiger partial charge < -0.3 is 10.5 Å². The number of primary amides is 1. The van der Waals surface area contributed by atoms with E-state index in [0.717, 1.165) is 16.7 Å². The van der Waals surface area contributed by atoms with Gasteiger partial charge in [-0.05, 0) is 41.8 Å². The molecule has 1 amide bonds. The molecule has 0 aliphatic carbocycles. The second-order valence-electron chi connectivity index (χ2n) is 5.71. The van der Waals surface area contributed by atoms with Gasteiger partial charge in [0.1, 0.15) is 12.4 Å². The molecule has 0 spiro atoms. The molecule has 120 valence electrons. The number of amides is 1. The molecular weight excluding hydrogens is 298 g/mol. The average molecular weight is 317 g/mol. The summed E-state index contributed by atoms with van der Waals surface area (Å²) in [7, 11) is 0. The van der Waals surface area contributed by atoms with Crippen LogP contribution in [0.15, 0.2) is 72.8 Å². The molecule has 0 saturated carbocycles. The van der Waals surface area contributed by atoms with Crippen LogP contribution in [0, 0.1) is 6.92 Å². The van der Waals surface area contributed by atoms with Gasteiger partial charge in [0.05, 0.1) is 5.56 Å². The van der Waals surface area contributed by atoms with Crippen molar-refractivity contribution in [3.05, 3.63) is 89.5 Å². The third-order valence-electron chi connectivity index (χ3n) is 3.87. The fourth-order valence-electron chi connectivity index (χ4n) is 2.54. The lowest BCUT2D eigenvalue weighted by Gasteiger charge is -2.11. The Labute approximate surface area is 141 Å². The number of carbonyl (C=O) groups is 1. The number of hydrogen-bond donors (Lipinski definition) is 1. The molecule has 0 radical (unpaired) electrons. The van der Waals surface area contributed by atoms with Crippen LogP contribution in [-0.2, 0) is 6.61 Å². The van der Waals surface area contributed by atoms with Crippen LogP contribution < -0.4 is 10.5 Å². The highest BCUT2D eigenvalue weighted by Crippen LogP contribution is 2.28. The van der Waals surface area contributed by atoms with Gasteiger partial charge in [0, 0.05) is 0 Å². The van der Waals surface area contributed by atoms with E-state index in [2.05, 4.69) is 0 Å². The summed E-state index contributed by atoms with van der Waals surface area (Å²) in [6, 6.07) is 23.3. The minimum absolute atomic E-state index is 0.447. The van der Waals surface area contributed by atoms with Crippen molar-refractivity contribution in [2.45, 2.75) is 13.5 Å². The van der Waals surface area contributed by atoms with E-state index >= 15 is 0 Å². The van der Waals surface area contributed by atoms with Crippen LogP contribution in [0.2, 0.25) is 0 Å². The average Bonchev–Trinajstić information content (AvgIpc) is 2.61. The normalized spacial score (nSPS) is 10.4. The van der Waals surface area contributed by atoms with Crippen molar-refractivity contribution in [1.29, 1.82) is 0 Å². The van der Waals surface area contributed by atoms with E-state index in [1.165, 1.54) is 5.56 Å². The number of nitrogens with two attached hydrogens (primary N) is 1. The molecule has 0 aromatic heterocycles. The first-order valence-electron chi connectivity index (χ1n) is 7.81. The van der Waals surface area contributed by atoms with Gasteiger partial charge in [-0.3, -0.25) is 4.79 Å². The third-order valence-corrected chi connectivity index (χ3v) is 3.87. The largest absolute Gasteiger partial charge is 0.489 e. The van der Waals surface area contributed by atoms with Crippen LogP contribution in [-0.4, -0.2) is 5.91 Å². The Morgan fingerprint density at radius 1 is 0.958 bits per heavy atom. The first-order chi connectivity index (χ1) is 11.6. The van der Waals surface area contributed by atoms with Gasteiger partial charge in [-0.25, -0.2) is 0 Å². The lowest BCUT2D eigenvalue weighted by molar-refractivity contribution is 0.100. The summed E-state index contributed by atoms with van der Waals surface area (Å²) >= 11 is 0. The van der Waals surface area contributed by atoms with Crippen molar-refractivity contribution in [1.82, 2.24) is 0 Å². The summed E-state index contributed by atoms with van der Waals surface area (Å²) in [5.74, 6) is 0.166. The van der Waals surface area contributed by atoms with Crippen LogP contribution in [0.25, 0.3) is 11.1 Å². The molecule has 3 nitrogen and oxygen atoms in total. The van der Waals surface area contributed by atoms with Crippen LogP contribution in [0.1, 0.15) is 21.5 Å². The molecule has 24 heavy (non-hydrogen) atoms. The Hall–Kier alpha value is -3.07. The van der Waals surface area contributed by atoms with Gasteiger partial charge in [-0.2, -0.15) is 0 Å². The zero-order chi connectivity index (χ0) is 16.9. The molecule has 3 rings (SSSR count). The van der Waals surface area contributed by atoms with Gasteiger partial charge in [-0.15, -0.1) is 0 Å². The molecule has 0 aliphatic heterocycles. The van der Waals surface area contributed by atoms with E-state index < -0.39 is 5.91 Å². The molecule has 0 bridgehead atoms. The molecule has 0 fully saturated rings. The van der Waals surface area contributed by atoms with Crippen molar-refractivity contribution in [3.8, 4) is 16.9 Å². The maximum Gasteiger partial charge on any atom is 0.249 e. The summed E-state index contributed by atoms with van der Waals surface area (Å²) in [5, 5.41) is 0. The number of ether oxygens (including phenoxy) is 1. The van der Waals surface area contributed by atoms with Gasteiger partial charge >= 0.3 is 0 Å². The van der Waals surface area contributed by atoms with Crippen molar-refractivity contribution >= 4 is 5.91 Å². The smallest absolute Gasteiger partial charge is 0.249 e. The summed E-state index contributed by atoms with van der Waals surface area (Å²) in [5.41, 5.74) is 10.0. The van der Waals surface area contributed by atoms with Crippen molar-refractivity contribution in [2.75, 3.05) is 0 Å². The van der Waals surface area contributed by atoms with E-state index in [0.29, 0.717) is 17.9 Å². The second-order valence-corrected chi connectivity index (χ2v) is 5.71. The predicted octanol–water partition coefficient (Wildman–Crippen LogP) is 4.34. The molecule has 3 aromatic rings. The fraction of sp³-hybridized carbons (Fsp3) is 0.0952. The molecule has 0 saturated heterocycles. The van der Waals surface area contributed by atoms with E-state index in [-0.39, 0.29) is 0 Å². The molecule has 0 aliphatic rings. The number of aryl methyl sites for hydroxylation is 1. The van der Waals surface area contributed by atoms with Gasteiger partial charge in [0.25, 0.3) is 0 Å². The van der Waals surface area contributed by atoms with E-state index in [9.17, 15) is 4.79 Å². The Kier molecular flexibility index (Phi) is 4.62. The lowest BCUT2D eigenvalue weighted by Crippen LogP contribution is -2.12. The van der Waals surface area contributed by atoms with E-state index in [1.807, 2.05) is 73.7 Å². The van der Waals surface area contributed by atoms with E-state index in [1.54, 1.807) is 6.07 Å². The third kappa shape index (κ3) is 3.63. The minimum atomic E-state index is -0.462. The summed E-state index contributed by atoms with van der Waals surface area (Å²) in [6.45, 7) is 2.47. The van der Waals surface area contributed by atoms with Gasteiger partial charge in [-0.1, -0.05) is 60.2 Å². The van der Waals surface area contributed by atoms with Crippen LogP contribution >= 0.6 is 0 Å². The monoisotopic (exact) mass is 317 g/mol.